The summed E-state index contributed by atoms with van der Waals surface area (Å²) in [5.74, 6) is -0.276. The van der Waals surface area contributed by atoms with Crippen molar-refractivity contribution in [1.29, 1.82) is 0 Å². The number of aromatic amines is 1. The fourth-order valence-electron chi connectivity index (χ4n) is 5.80. The molecule has 6 aromatic rings. The highest BCUT2D eigenvalue weighted by molar-refractivity contribution is 7.93. The summed E-state index contributed by atoms with van der Waals surface area (Å²) in [5.41, 5.74) is 8.45. The molecule has 0 bridgehead atoms. The van der Waals surface area contributed by atoms with Crippen LogP contribution in [0.25, 0.3) is 33.5 Å². The minimum atomic E-state index is -4.69. The molecule has 4 aromatic carbocycles. The van der Waals surface area contributed by atoms with Gasteiger partial charge in [0.15, 0.2) is 9.84 Å². The predicted octanol–water partition coefficient (Wildman–Crippen LogP) is 3.73. The number of sulfonamides is 1. The van der Waals surface area contributed by atoms with Gasteiger partial charge in [0.25, 0.3) is 0 Å². The summed E-state index contributed by atoms with van der Waals surface area (Å²) in [6, 6.07) is 20.8. The number of carbonyl (C=O) groups excluding carboxylic acids is 1. The molecule has 0 saturated heterocycles. The highest BCUT2D eigenvalue weighted by atomic mass is 32.2. The van der Waals surface area contributed by atoms with E-state index in [0.29, 0.717) is 28.1 Å². The number of tetrazole rings is 1. The fourth-order valence-corrected chi connectivity index (χ4v) is 9.35. The molecule has 16 nitrogen and oxygen atoms in total. The number of fused-ring (bicyclic) bond motifs is 1. The van der Waals surface area contributed by atoms with E-state index in [1.54, 1.807) is 68.6 Å². The molecule has 0 saturated carbocycles. The van der Waals surface area contributed by atoms with Crippen LogP contribution in [0.2, 0.25) is 0 Å². The second-order valence-electron chi connectivity index (χ2n) is 12.2. The summed E-state index contributed by atoms with van der Waals surface area (Å²) in [6.45, 7) is 3.24. The molecule has 0 spiro atoms. The highest BCUT2D eigenvalue weighted by Crippen LogP contribution is 2.41. The third-order valence-electron chi connectivity index (χ3n) is 8.26. The van der Waals surface area contributed by atoms with Gasteiger partial charge in [-0.05, 0) is 72.1 Å². The van der Waals surface area contributed by atoms with Crippen LogP contribution in [0, 0.1) is 0 Å². The number of H-pyrrole nitrogens is 1. The van der Waals surface area contributed by atoms with Gasteiger partial charge in [-0.3, -0.25) is 0 Å². The Hall–Kier alpha value is -5.69. The van der Waals surface area contributed by atoms with Gasteiger partial charge < -0.3 is 24.9 Å². The molecule has 0 aliphatic carbocycles. The van der Waals surface area contributed by atoms with E-state index in [2.05, 4.69) is 30.1 Å². The number of hydrogen-bond donors (Lipinski definition) is 3. The van der Waals surface area contributed by atoms with E-state index >= 15 is 0 Å². The van der Waals surface area contributed by atoms with Crippen molar-refractivity contribution in [2.24, 2.45) is 5.73 Å². The first-order valence-corrected chi connectivity index (χ1v) is 19.8. The van der Waals surface area contributed by atoms with Crippen LogP contribution in [0.15, 0.2) is 88.7 Å². The maximum atomic E-state index is 14.6. The second-order valence-corrected chi connectivity index (χ2v) is 16.0. The number of benzene rings is 4. The average molecular weight is 775 g/mol. The summed E-state index contributed by atoms with van der Waals surface area (Å²) in [7, 11) is -5.96. The van der Waals surface area contributed by atoms with Gasteiger partial charge in [0.1, 0.15) is 16.4 Å². The van der Waals surface area contributed by atoms with Crippen LogP contribution in [0.3, 0.4) is 0 Å². The number of aromatic nitrogens is 6. The first-order valence-electron chi connectivity index (χ1n) is 16.7. The summed E-state index contributed by atoms with van der Waals surface area (Å²) in [6.07, 6.45) is 0. The molecular weight excluding hydrogens is 737 g/mol. The van der Waals surface area contributed by atoms with Crippen LogP contribution in [-0.2, 0) is 37.7 Å². The molecule has 2 heterocycles. The lowest BCUT2D eigenvalue weighted by Gasteiger charge is -2.19. The van der Waals surface area contributed by atoms with Crippen molar-refractivity contribution in [3.8, 4) is 34.0 Å². The molecule has 6 rings (SSSR count). The Balaban J connectivity index is 1.59. The number of nitrogens with one attached hydrogen (secondary N) is 2. The van der Waals surface area contributed by atoms with E-state index in [1.165, 1.54) is 31.0 Å². The lowest BCUT2D eigenvalue weighted by molar-refractivity contribution is 0.0513. The van der Waals surface area contributed by atoms with Gasteiger partial charge in [-0.25, -0.2) is 31.3 Å². The molecule has 0 radical (unpaired) electrons. The van der Waals surface area contributed by atoms with E-state index < -0.39 is 47.4 Å². The van der Waals surface area contributed by atoms with E-state index in [-0.39, 0.29) is 48.0 Å². The Morgan fingerprint density at radius 3 is 2.20 bits per heavy atom. The quantitative estimate of drug-likeness (QED) is 0.127. The fraction of sp³-hybridized carbons (Fsp3) is 0.250. The SMILES string of the molecule is CCOC(=O)c1nc2c(-c3ccc(S(=O)(=O)CC(C)N)c(S(=O)(=O)NCc4ccc(OC)cc4)c3-c3nnn(Cc4ccc(OC)cc4)n3)cccc2[nH]1. The Morgan fingerprint density at radius 1 is 0.907 bits per heavy atom. The van der Waals surface area contributed by atoms with Gasteiger partial charge in [0.05, 0.1) is 54.6 Å². The van der Waals surface area contributed by atoms with Gasteiger partial charge in [-0.1, -0.05) is 42.5 Å². The summed E-state index contributed by atoms with van der Waals surface area (Å²) in [5, 5.41) is 13.1. The maximum absolute atomic E-state index is 14.6. The molecule has 0 aliphatic rings. The molecule has 4 N–H and O–H groups in total. The molecule has 54 heavy (non-hydrogen) atoms. The smallest absolute Gasteiger partial charge is 0.374 e. The molecule has 1 atom stereocenters. The predicted molar refractivity (Wildman–Crippen MR) is 199 cm³/mol. The van der Waals surface area contributed by atoms with Crippen molar-refractivity contribution < 1.29 is 35.8 Å². The molecule has 0 amide bonds. The molecular formula is C36H38N8O8S2. The average Bonchev–Trinajstić information content (AvgIpc) is 3.81. The van der Waals surface area contributed by atoms with Crippen LogP contribution in [0.1, 0.15) is 35.6 Å². The monoisotopic (exact) mass is 774 g/mol. The zero-order valence-corrected chi connectivity index (χ0v) is 31.4. The van der Waals surface area contributed by atoms with Crippen molar-refractivity contribution >= 4 is 36.9 Å². The van der Waals surface area contributed by atoms with Crippen LogP contribution in [-0.4, -0.2) is 85.6 Å². The lowest BCUT2D eigenvalue weighted by atomic mass is 9.98. The largest absolute Gasteiger partial charge is 0.497 e. The van der Waals surface area contributed by atoms with Crippen molar-refractivity contribution in [2.45, 2.75) is 42.8 Å². The lowest BCUT2D eigenvalue weighted by Crippen LogP contribution is -2.30. The minimum absolute atomic E-state index is 0.0745. The number of ether oxygens (including phenoxy) is 3. The van der Waals surface area contributed by atoms with Crippen molar-refractivity contribution in [1.82, 2.24) is 34.9 Å². The van der Waals surface area contributed by atoms with Gasteiger partial charge >= 0.3 is 5.97 Å². The number of carbonyl (C=O) groups is 1. The van der Waals surface area contributed by atoms with Crippen molar-refractivity contribution in [3.63, 3.8) is 0 Å². The Kier molecular flexibility index (Phi) is 11.1. The summed E-state index contributed by atoms with van der Waals surface area (Å²) >= 11 is 0. The van der Waals surface area contributed by atoms with Crippen LogP contribution in [0.4, 0.5) is 0 Å². The van der Waals surface area contributed by atoms with Crippen molar-refractivity contribution in [3.05, 3.63) is 95.8 Å². The summed E-state index contributed by atoms with van der Waals surface area (Å²) < 4.78 is 75.5. The third-order valence-corrected chi connectivity index (χ3v) is 11.9. The number of esters is 1. The van der Waals surface area contributed by atoms with E-state index in [1.807, 2.05) is 12.1 Å². The number of nitrogens with zero attached hydrogens (tertiary/aromatic N) is 5. The first-order chi connectivity index (χ1) is 25.8. The minimum Gasteiger partial charge on any atom is -0.497 e. The molecule has 282 valence electrons. The summed E-state index contributed by atoms with van der Waals surface area (Å²) in [4.78, 5) is 20.3. The zero-order chi connectivity index (χ0) is 38.6. The van der Waals surface area contributed by atoms with Crippen LogP contribution in [0.5, 0.6) is 11.5 Å². The Labute approximate surface area is 311 Å². The maximum Gasteiger partial charge on any atom is 0.374 e. The number of sulfone groups is 1. The van der Waals surface area contributed by atoms with Gasteiger partial charge in [-0.15, -0.1) is 10.2 Å². The number of hydrogen-bond acceptors (Lipinski definition) is 13. The molecule has 2 aromatic heterocycles. The van der Waals surface area contributed by atoms with E-state index in [0.717, 1.165) is 5.56 Å². The third kappa shape index (κ3) is 8.10. The second kappa shape index (κ2) is 15.7. The number of para-hydroxylation sites is 1. The van der Waals surface area contributed by atoms with E-state index in [9.17, 15) is 21.6 Å². The molecule has 1 unspecified atom stereocenters. The molecule has 0 aliphatic heterocycles. The van der Waals surface area contributed by atoms with Crippen LogP contribution >= 0.6 is 0 Å². The Morgan fingerprint density at radius 2 is 1.57 bits per heavy atom. The Bertz CT molecular complexity index is 2520. The number of nitrogens with two attached hydrogens (primary N) is 1. The number of methoxy groups -OCH3 is 2. The van der Waals surface area contributed by atoms with Crippen molar-refractivity contribution in [2.75, 3.05) is 26.6 Å². The number of imidazole rings is 1. The standard InChI is InChI=1S/C36H38N8O8S2/c1-5-52-36(45)35-39-29-8-6-7-28(32(29)40-35)27-17-18-30(53(46,47)21-22(2)37)33(54(48,49)38-19-23-9-13-25(50-3)14-10-23)31(27)34-41-43-44(42-34)20-24-11-15-26(51-4)16-12-24/h6-18,22,38H,5,19-21,37H2,1-4H3,(H,39,40). The van der Waals surface area contributed by atoms with Gasteiger partial charge in [0.2, 0.25) is 21.7 Å². The number of rotatable bonds is 15. The molecule has 18 heteroatoms. The first kappa shape index (κ1) is 38.0. The zero-order valence-electron chi connectivity index (χ0n) is 29.8. The molecule has 0 fully saturated rings. The van der Waals surface area contributed by atoms with Crippen LogP contribution < -0.4 is 19.9 Å². The highest BCUT2D eigenvalue weighted by Gasteiger charge is 2.35. The normalized spacial score (nSPS) is 12.5. The van der Waals surface area contributed by atoms with Gasteiger partial charge in [0, 0.05) is 18.2 Å². The topological polar surface area (TPSA) is 223 Å². The van der Waals surface area contributed by atoms with E-state index in [4.69, 9.17) is 19.9 Å². The van der Waals surface area contributed by atoms with Gasteiger partial charge in [-0.2, -0.15) is 4.80 Å².